The van der Waals surface area contributed by atoms with E-state index in [2.05, 4.69) is 27.4 Å². The van der Waals surface area contributed by atoms with Crippen LogP contribution in [0.2, 0.25) is 0 Å². The van der Waals surface area contributed by atoms with Gasteiger partial charge < -0.3 is 24.8 Å². The quantitative estimate of drug-likeness (QED) is 0.359. The van der Waals surface area contributed by atoms with E-state index in [1.54, 1.807) is 7.05 Å². The third kappa shape index (κ3) is 7.00. The number of rotatable bonds is 6. The smallest absolute Gasteiger partial charge is 0.191 e. The lowest BCUT2D eigenvalue weighted by Crippen LogP contribution is -2.47. The van der Waals surface area contributed by atoms with Crippen LogP contribution in [-0.2, 0) is 4.74 Å². The van der Waals surface area contributed by atoms with Crippen LogP contribution in [0.1, 0.15) is 6.92 Å². The van der Waals surface area contributed by atoms with E-state index in [4.69, 9.17) is 14.2 Å². The number of hydrogen-bond donors (Lipinski definition) is 2. The van der Waals surface area contributed by atoms with E-state index in [0.717, 1.165) is 56.9 Å². The molecule has 1 fully saturated rings. The van der Waals surface area contributed by atoms with Crippen molar-refractivity contribution in [1.82, 2.24) is 15.5 Å². The molecule has 2 aliphatic heterocycles. The first kappa shape index (κ1) is 22.0. The Kier molecular flexibility index (Phi) is 9.43. The summed E-state index contributed by atoms with van der Waals surface area (Å²) >= 11 is 0. The summed E-state index contributed by atoms with van der Waals surface area (Å²) in [4.78, 5) is 6.76. The summed E-state index contributed by atoms with van der Waals surface area (Å²) in [5.41, 5.74) is 0. The number of aliphatic imine (C=N–C) groups is 1. The van der Waals surface area contributed by atoms with E-state index in [9.17, 15) is 0 Å². The molecule has 2 unspecified atom stereocenters. The predicted molar refractivity (Wildman–Crippen MR) is 118 cm³/mol. The van der Waals surface area contributed by atoms with Gasteiger partial charge in [-0.3, -0.25) is 9.89 Å². The fourth-order valence-corrected chi connectivity index (χ4v) is 3.15. The highest BCUT2D eigenvalue weighted by Crippen LogP contribution is 2.30. The van der Waals surface area contributed by atoms with Gasteiger partial charge >= 0.3 is 0 Å². The standard InChI is InChI=1S/C19H30N4O3.HI/c1-15(13-23-7-9-24-10-8-23)11-21-19(20-2)22-12-16-14-25-17-5-3-4-6-18(17)26-16;/h3-6,15-16H,7-14H2,1-2H3,(H2,20,21,22);1H. The lowest BCUT2D eigenvalue weighted by Gasteiger charge is -2.29. The molecule has 7 nitrogen and oxygen atoms in total. The van der Waals surface area contributed by atoms with E-state index in [1.165, 1.54) is 0 Å². The Morgan fingerprint density at radius 3 is 2.70 bits per heavy atom. The van der Waals surface area contributed by atoms with Gasteiger partial charge in [-0.25, -0.2) is 0 Å². The molecule has 27 heavy (non-hydrogen) atoms. The van der Waals surface area contributed by atoms with Crippen molar-refractivity contribution in [1.29, 1.82) is 0 Å². The summed E-state index contributed by atoms with van der Waals surface area (Å²) in [5.74, 6) is 2.94. The van der Waals surface area contributed by atoms with Crippen molar-refractivity contribution < 1.29 is 14.2 Å². The minimum atomic E-state index is -0.0331. The zero-order chi connectivity index (χ0) is 18.2. The monoisotopic (exact) mass is 490 g/mol. The topological polar surface area (TPSA) is 67.4 Å². The van der Waals surface area contributed by atoms with Crippen LogP contribution in [-0.4, -0.2) is 76.6 Å². The molecule has 8 heteroatoms. The largest absolute Gasteiger partial charge is 0.486 e. The maximum absolute atomic E-state index is 5.96. The number of benzene rings is 1. The first-order chi connectivity index (χ1) is 12.7. The molecule has 0 bridgehead atoms. The Bertz CT molecular complexity index is 596. The molecule has 0 aromatic heterocycles. The van der Waals surface area contributed by atoms with Gasteiger partial charge in [0.1, 0.15) is 12.7 Å². The van der Waals surface area contributed by atoms with Gasteiger partial charge in [0.05, 0.1) is 19.8 Å². The molecule has 0 spiro atoms. The first-order valence-corrected chi connectivity index (χ1v) is 9.37. The van der Waals surface area contributed by atoms with Crippen molar-refractivity contribution >= 4 is 29.9 Å². The number of morpholine rings is 1. The van der Waals surface area contributed by atoms with Gasteiger partial charge in [0.2, 0.25) is 0 Å². The first-order valence-electron chi connectivity index (χ1n) is 9.37. The predicted octanol–water partition coefficient (Wildman–Crippen LogP) is 1.58. The second-order valence-electron chi connectivity index (χ2n) is 6.85. The molecule has 1 aromatic carbocycles. The van der Waals surface area contributed by atoms with Crippen molar-refractivity contribution in [2.24, 2.45) is 10.9 Å². The maximum atomic E-state index is 5.96. The Balaban J connectivity index is 0.00000261. The summed E-state index contributed by atoms with van der Waals surface area (Å²) in [6, 6.07) is 7.76. The number of para-hydroxylation sites is 2. The molecule has 0 amide bonds. The van der Waals surface area contributed by atoms with Crippen molar-refractivity contribution in [2.45, 2.75) is 13.0 Å². The molecular formula is C19H31IN4O3. The molecule has 2 N–H and O–H groups in total. The van der Waals surface area contributed by atoms with Crippen LogP contribution in [0, 0.1) is 5.92 Å². The highest BCUT2D eigenvalue weighted by molar-refractivity contribution is 14.0. The second-order valence-corrected chi connectivity index (χ2v) is 6.85. The molecular weight excluding hydrogens is 459 g/mol. The van der Waals surface area contributed by atoms with E-state index in [-0.39, 0.29) is 30.1 Å². The molecule has 0 saturated carbocycles. The Morgan fingerprint density at radius 1 is 1.22 bits per heavy atom. The maximum Gasteiger partial charge on any atom is 0.191 e. The van der Waals surface area contributed by atoms with Gasteiger partial charge in [0, 0.05) is 33.2 Å². The van der Waals surface area contributed by atoms with Gasteiger partial charge in [0.25, 0.3) is 0 Å². The number of halogens is 1. The number of fused-ring (bicyclic) bond motifs is 1. The van der Waals surface area contributed by atoms with Gasteiger partial charge in [-0.1, -0.05) is 19.1 Å². The third-order valence-corrected chi connectivity index (χ3v) is 4.58. The van der Waals surface area contributed by atoms with E-state index >= 15 is 0 Å². The molecule has 0 aliphatic carbocycles. The lowest BCUT2D eigenvalue weighted by atomic mass is 10.1. The van der Waals surface area contributed by atoms with Gasteiger partial charge in [-0.15, -0.1) is 24.0 Å². The molecule has 3 rings (SSSR count). The van der Waals surface area contributed by atoms with Crippen LogP contribution in [0.5, 0.6) is 11.5 Å². The van der Waals surface area contributed by atoms with Crippen LogP contribution < -0.4 is 20.1 Å². The van der Waals surface area contributed by atoms with Crippen molar-refractivity contribution in [3.05, 3.63) is 24.3 Å². The van der Waals surface area contributed by atoms with E-state index in [0.29, 0.717) is 19.1 Å². The Labute approximate surface area is 178 Å². The van der Waals surface area contributed by atoms with Crippen LogP contribution in [0.25, 0.3) is 0 Å². The molecule has 2 atom stereocenters. The normalized spacial score (nSPS) is 21.1. The molecule has 1 aromatic rings. The number of ether oxygens (including phenoxy) is 3. The number of hydrogen-bond acceptors (Lipinski definition) is 5. The number of nitrogens with zero attached hydrogens (tertiary/aromatic N) is 2. The minimum absolute atomic E-state index is 0. The zero-order valence-electron chi connectivity index (χ0n) is 16.1. The Hall–Kier alpha value is -1.26. The van der Waals surface area contributed by atoms with Crippen LogP contribution in [0.3, 0.4) is 0 Å². The minimum Gasteiger partial charge on any atom is -0.486 e. The average Bonchev–Trinajstić information content (AvgIpc) is 2.68. The second kappa shape index (κ2) is 11.6. The molecule has 1 saturated heterocycles. The summed E-state index contributed by atoms with van der Waals surface area (Å²) in [5, 5.41) is 6.73. The van der Waals surface area contributed by atoms with Gasteiger partial charge in [-0.2, -0.15) is 0 Å². The summed E-state index contributed by atoms with van der Waals surface area (Å²) < 4.78 is 17.1. The fourth-order valence-electron chi connectivity index (χ4n) is 3.15. The number of nitrogens with one attached hydrogen (secondary N) is 2. The van der Waals surface area contributed by atoms with Crippen LogP contribution in [0.15, 0.2) is 29.3 Å². The fraction of sp³-hybridized carbons (Fsp3) is 0.632. The zero-order valence-corrected chi connectivity index (χ0v) is 18.5. The summed E-state index contributed by atoms with van der Waals surface area (Å²) in [6.07, 6.45) is -0.0331. The van der Waals surface area contributed by atoms with Crippen molar-refractivity contribution in [3.8, 4) is 11.5 Å². The van der Waals surface area contributed by atoms with E-state index < -0.39 is 0 Å². The molecule has 152 valence electrons. The van der Waals surface area contributed by atoms with Gasteiger partial charge in [0.15, 0.2) is 17.5 Å². The molecule has 2 heterocycles. The van der Waals surface area contributed by atoms with Gasteiger partial charge in [-0.05, 0) is 18.1 Å². The highest BCUT2D eigenvalue weighted by atomic mass is 127. The lowest BCUT2D eigenvalue weighted by molar-refractivity contribution is 0.0320. The average molecular weight is 490 g/mol. The third-order valence-electron chi connectivity index (χ3n) is 4.58. The molecule has 2 aliphatic rings. The molecule has 0 radical (unpaired) electrons. The van der Waals surface area contributed by atoms with Crippen molar-refractivity contribution in [2.75, 3.05) is 59.6 Å². The van der Waals surface area contributed by atoms with Crippen molar-refractivity contribution in [3.63, 3.8) is 0 Å². The highest BCUT2D eigenvalue weighted by Gasteiger charge is 2.21. The SMILES string of the molecule is CN=C(NCC(C)CN1CCOCC1)NCC1COc2ccccc2O1.I. The summed E-state index contributed by atoms with van der Waals surface area (Å²) in [7, 11) is 1.79. The summed E-state index contributed by atoms with van der Waals surface area (Å²) in [6.45, 7) is 9.12. The number of guanidine groups is 1. The Morgan fingerprint density at radius 2 is 1.96 bits per heavy atom. The van der Waals surface area contributed by atoms with Crippen LogP contribution >= 0.6 is 24.0 Å². The van der Waals surface area contributed by atoms with E-state index in [1.807, 2.05) is 24.3 Å². The van der Waals surface area contributed by atoms with Crippen LogP contribution in [0.4, 0.5) is 0 Å².